The first kappa shape index (κ1) is 16.5. The molecule has 1 aromatic heterocycles. The van der Waals surface area contributed by atoms with Gasteiger partial charge in [0.15, 0.2) is 0 Å². The minimum atomic E-state index is -0.403. The second-order valence-corrected chi connectivity index (χ2v) is 7.22. The molecule has 0 aliphatic carbocycles. The first-order valence-corrected chi connectivity index (χ1v) is 8.63. The summed E-state index contributed by atoms with van der Waals surface area (Å²) in [5.74, 6) is 0.702. The van der Waals surface area contributed by atoms with Crippen molar-refractivity contribution in [1.82, 2.24) is 15.2 Å². The molecular weight excluding hydrogens is 326 g/mol. The number of benzene rings is 1. The average molecular weight is 345 g/mol. The van der Waals surface area contributed by atoms with Gasteiger partial charge in [-0.05, 0) is 19.1 Å². The molecule has 8 heteroatoms. The number of fused-ring (bicyclic) bond motifs is 1. The van der Waals surface area contributed by atoms with Gasteiger partial charge in [0.25, 0.3) is 0 Å². The molecule has 7 nitrogen and oxygen atoms in total. The number of H-pyrrole nitrogens is 1. The lowest BCUT2D eigenvalue weighted by Gasteiger charge is -2.30. The average Bonchev–Trinajstić information content (AvgIpc) is 3.02. The molecule has 1 atom stereocenters. The Morgan fingerprint density at radius 3 is 2.75 bits per heavy atom. The molecule has 2 N–H and O–H groups in total. The fourth-order valence-electron chi connectivity index (χ4n) is 2.43. The predicted molar refractivity (Wildman–Crippen MR) is 93.2 cm³/mol. The number of rotatable bonds is 4. The number of hydrogen-bond acceptors (Lipinski definition) is 5. The van der Waals surface area contributed by atoms with E-state index in [0.717, 1.165) is 5.82 Å². The molecule has 1 aliphatic rings. The minimum absolute atomic E-state index is 0.0198. The van der Waals surface area contributed by atoms with Crippen LogP contribution in [-0.2, 0) is 9.59 Å². The van der Waals surface area contributed by atoms with Crippen LogP contribution in [0.15, 0.2) is 29.4 Å². The van der Waals surface area contributed by atoms with Crippen molar-refractivity contribution < 1.29 is 9.59 Å². The van der Waals surface area contributed by atoms with Gasteiger partial charge in [0.2, 0.25) is 17.0 Å². The molecule has 0 unspecified atom stereocenters. The first-order valence-electron chi connectivity index (χ1n) is 7.75. The van der Waals surface area contributed by atoms with E-state index < -0.39 is 5.25 Å². The highest BCUT2D eigenvalue weighted by Gasteiger charge is 2.30. The van der Waals surface area contributed by atoms with E-state index in [0.29, 0.717) is 16.5 Å². The largest absolute Gasteiger partial charge is 0.323 e. The summed E-state index contributed by atoms with van der Waals surface area (Å²) in [4.78, 5) is 30.6. The van der Waals surface area contributed by atoms with Crippen molar-refractivity contribution in [1.29, 1.82) is 0 Å². The van der Waals surface area contributed by atoms with E-state index in [1.165, 1.54) is 16.7 Å². The zero-order valence-corrected chi connectivity index (χ0v) is 14.6. The van der Waals surface area contributed by atoms with Crippen LogP contribution in [0.3, 0.4) is 0 Å². The SMILES string of the molecule is CC(C)c1nc(S[C@@H](C)C(=O)N2CC(=O)Nc3ccccc32)n[nH]1. The third kappa shape index (κ3) is 3.28. The Bertz CT molecular complexity index is 773. The molecule has 2 amide bonds. The van der Waals surface area contributed by atoms with E-state index >= 15 is 0 Å². The number of carbonyl (C=O) groups excluding carboxylic acids is 2. The van der Waals surface area contributed by atoms with Crippen LogP contribution in [0.5, 0.6) is 0 Å². The van der Waals surface area contributed by atoms with Crippen molar-refractivity contribution >= 4 is 35.0 Å². The topological polar surface area (TPSA) is 91.0 Å². The van der Waals surface area contributed by atoms with Gasteiger partial charge in [0.05, 0.1) is 16.6 Å². The summed E-state index contributed by atoms with van der Waals surface area (Å²) in [6, 6.07) is 7.29. The van der Waals surface area contributed by atoms with E-state index in [9.17, 15) is 9.59 Å². The van der Waals surface area contributed by atoms with Gasteiger partial charge in [-0.15, -0.1) is 5.10 Å². The molecule has 0 saturated carbocycles. The molecule has 1 aliphatic heterocycles. The molecule has 0 saturated heterocycles. The highest BCUT2D eigenvalue weighted by molar-refractivity contribution is 8.00. The van der Waals surface area contributed by atoms with Gasteiger partial charge in [0.1, 0.15) is 12.4 Å². The molecule has 0 fully saturated rings. The molecular formula is C16H19N5O2S. The number of hydrogen-bond donors (Lipinski definition) is 2. The number of para-hydroxylation sites is 2. The summed E-state index contributed by atoms with van der Waals surface area (Å²) in [5, 5.41) is 9.94. The number of carbonyl (C=O) groups is 2. The predicted octanol–water partition coefficient (Wildman–Crippen LogP) is 2.39. The summed E-state index contributed by atoms with van der Waals surface area (Å²) in [7, 11) is 0. The highest BCUT2D eigenvalue weighted by Crippen LogP contribution is 2.31. The summed E-state index contributed by atoms with van der Waals surface area (Å²) in [6.07, 6.45) is 0. The van der Waals surface area contributed by atoms with E-state index in [2.05, 4.69) is 20.5 Å². The second kappa shape index (κ2) is 6.64. The molecule has 0 spiro atoms. The van der Waals surface area contributed by atoms with Crippen LogP contribution in [0.4, 0.5) is 11.4 Å². The van der Waals surface area contributed by atoms with Crippen molar-refractivity contribution in [3.8, 4) is 0 Å². The first-order chi connectivity index (χ1) is 11.5. The van der Waals surface area contributed by atoms with Crippen LogP contribution in [-0.4, -0.2) is 38.8 Å². The maximum Gasteiger partial charge on any atom is 0.244 e. The van der Waals surface area contributed by atoms with E-state index in [1.54, 1.807) is 13.0 Å². The van der Waals surface area contributed by atoms with Gasteiger partial charge in [-0.25, -0.2) is 4.98 Å². The van der Waals surface area contributed by atoms with Gasteiger partial charge >= 0.3 is 0 Å². The van der Waals surface area contributed by atoms with Crippen LogP contribution >= 0.6 is 11.8 Å². The highest BCUT2D eigenvalue weighted by atomic mass is 32.2. The van der Waals surface area contributed by atoms with E-state index in [4.69, 9.17) is 0 Å². The van der Waals surface area contributed by atoms with Crippen LogP contribution < -0.4 is 10.2 Å². The fraction of sp³-hybridized carbons (Fsp3) is 0.375. The zero-order valence-electron chi connectivity index (χ0n) is 13.7. The zero-order chi connectivity index (χ0) is 17.3. The lowest BCUT2D eigenvalue weighted by atomic mass is 10.2. The summed E-state index contributed by atoms with van der Waals surface area (Å²) in [6.45, 7) is 5.86. The van der Waals surface area contributed by atoms with Gasteiger partial charge in [-0.3, -0.25) is 19.6 Å². The third-order valence-corrected chi connectivity index (χ3v) is 4.64. The van der Waals surface area contributed by atoms with Crippen molar-refractivity contribution in [2.24, 2.45) is 0 Å². The number of aromatic amines is 1. The van der Waals surface area contributed by atoms with Gasteiger partial charge < -0.3 is 5.32 Å². The Hall–Kier alpha value is -2.35. The van der Waals surface area contributed by atoms with Crippen LogP contribution in [0, 0.1) is 0 Å². The molecule has 2 heterocycles. The normalized spacial score (nSPS) is 15.2. The second-order valence-electron chi connectivity index (χ2n) is 5.91. The molecule has 0 bridgehead atoms. The number of nitrogens with one attached hydrogen (secondary N) is 2. The number of thioether (sulfide) groups is 1. The minimum Gasteiger partial charge on any atom is -0.323 e. The number of nitrogens with zero attached hydrogens (tertiary/aromatic N) is 3. The van der Waals surface area contributed by atoms with E-state index in [-0.39, 0.29) is 24.3 Å². The third-order valence-electron chi connectivity index (χ3n) is 3.70. The fourth-order valence-corrected chi connectivity index (χ4v) is 3.22. The maximum absolute atomic E-state index is 12.8. The number of amides is 2. The van der Waals surface area contributed by atoms with Crippen molar-refractivity contribution in [2.75, 3.05) is 16.8 Å². The Morgan fingerprint density at radius 2 is 2.04 bits per heavy atom. The molecule has 126 valence electrons. The molecule has 1 aromatic carbocycles. The van der Waals surface area contributed by atoms with Crippen LogP contribution in [0.1, 0.15) is 32.5 Å². The molecule has 24 heavy (non-hydrogen) atoms. The monoisotopic (exact) mass is 345 g/mol. The van der Waals surface area contributed by atoms with Crippen LogP contribution in [0.2, 0.25) is 0 Å². The summed E-state index contributed by atoms with van der Waals surface area (Å²) >= 11 is 1.28. The quantitative estimate of drug-likeness (QED) is 0.830. The van der Waals surface area contributed by atoms with Crippen molar-refractivity contribution in [3.05, 3.63) is 30.1 Å². The number of anilines is 2. The standard InChI is InChI=1S/C16H19N5O2S/c1-9(2)14-18-16(20-19-14)24-10(3)15(23)21-8-13(22)17-11-6-4-5-7-12(11)21/h4-7,9-10H,8H2,1-3H3,(H,17,22)(H,18,19,20)/t10-/m0/s1. The smallest absolute Gasteiger partial charge is 0.244 e. The number of aromatic nitrogens is 3. The lowest BCUT2D eigenvalue weighted by molar-refractivity contribution is -0.121. The maximum atomic E-state index is 12.8. The lowest BCUT2D eigenvalue weighted by Crippen LogP contribution is -2.45. The summed E-state index contributed by atoms with van der Waals surface area (Å²) < 4.78 is 0. The Balaban J connectivity index is 1.77. The van der Waals surface area contributed by atoms with Gasteiger partial charge in [0, 0.05) is 5.92 Å². The molecule has 2 aromatic rings. The Morgan fingerprint density at radius 1 is 1.29 bits per heavy atom. The molecule has 0 radical (unpaired) electrons. The van der Waals surface area contributed by atoms with Gasteiger partial charge in [-0.1, -0.05) is 37.7 Å². The van der Waals surface area contributed by atoms with Gasteiger partial charge in [-0.2, -0.15) is 0 Å². The molecule has 3 rings (SSSR count). The van der Waals surface area contributed by atoms with Crippen molar-refractivity contribution in [3.63, 3.8) is 0 Å². The van der Waals surface area contributed by atoms with E-state index in [1.807, 2.05) is 32.0 Å². The Labute approximate surface area is 144 Å². The van der Waals surface area contributed by atoms with Crippen LogP contribution in [0.25, 0.3) is 0 Å². The summed E-state index contributed by atoms with van der Waals surface area (Å²) in [5.41, 5.74) is 1.37. The Kier molecular flexibility index (Phi) is 4.57. The van der Waals surface area contributed by atoms with Crippen molar-refractivity contribution in [2.45, 2.75) is 37.1 Å².